The summed E-state index contributed by atoms with van der Waals surface area (Å²) >= 11 is 1.90. The van der Waals surface area contributed by atoms with E-state index < -0.39 is 0 Å². The first-order valence-electron chi connectivity index (χ1n) is 11.4. The molecular weight excluding hydrogens is 412 g/mol. The second kappa shape index (κ2) is 10.2. The molecule has 7 nitrogen and oxygen atoms in total. The lowest BCUT2D eigenvalue weighted by atomic mass is 10.2. The Bertz CT molecular complexity index is 759. The zero-order valence-corrected chi connectivity index (χ0v) is 19.4. The van der Waals surface area contributed by atoms with Crippen LogP contribution in [0.15, 0.2) is 24.3 Å². The first-order valence-corrected chi connectivity index (χ1v) is 12.6. The number of thioether (sulfide) groups is 1. The Balaban J connectivity index is 1.30. The fourth-order valence-corrected chi connectivity index (χ4v) is 5.72. The van der Waals surface area contributed by atoms with E-state index in [9.17, 15) is 9.59 Å². The number of hydrogen-bond donors (Lipinski definition) is 1. The minimum absolute atomic E-state index is 0.0599. The molecule has 1 aromatic carbocycles. The van der Waals surface area contributed by atoms with E-state index in [0.717, 1.165) is 68.4 Å². The predicted molar refractivity (Wildman–Crippen MR) is 126 cm³/mol. The monoisotopic (exact) mass is 446 g/mol. The van der Waals surface area contributed by atoms with Gasteiger partial charge in [-0.15, -0.1) is 0 Å². The molecule has 31 heavy (non-hydrogen) atoms. The van der Waals surface area contributed by atoms with Crippen molar-refractivity contribution in [3.8, 4) is 0 Å². The number of amides is 2. The number of nitrogens with one attached hydrogen (secondary N) is 1. The van der Waals surface area contributed by atoms with Crippen molar-refractivity contribution in [3.05, 3.63) is 24.3 Å². The normalized spacial score (nSPS) is 27.4. The third-order valence-corrected chi connectivity index (χ3v) is 7.20. The van der Waals surface area contributed by atoms with Gasteiger partial charge in [-0.3, -0.25) is 14.5 Å². The molecule has 8 heteroatoms. The summed E-state index contributed by atoms with van der Waals surface area (Å²) in [5.74, 6) is 2.16. The number of ether oxygens (including phenoxy) is 1. The Morgan fingerprint density at radius 2 is 1.74 bits per heavy atom. The van der Waals surface area contributed by atoms with Gasteiger partial charge in [0.15, 0.2) is 0 Å². The molecule has 0 radical (unpaired) electrons. The van der Waals surface area contributed by atoms with Crippen molar-refractivity contribution >= 4 is 35.0 Å². The largest absolute Gasteiger partial charge is 0.372 e. The van der Waals surface area contributed by atoms with Crippen LogP contribution in [-0.2, 0) is 14.3 Å². The molecule has 1 aromatic rings. The van der Waals surface area contributed by atoms with Gasteiger partial charge in [0.2, 0.25) is 11.8 Å². The summed E-state index contributed by atoms with van der Waals surface area (Å²) in [6.45, 7) is 8.65. The summed E-state index contributed by atoms with van der Waals surface area (Å²) < 4.78 is 5.81. The molecule has 0 spiro atoms. The summed E-state index contributed by atoms with van der Waals surface area (Å²) in [6, 6.07) is 7.86. The number of hydrogen-bond acceptors (Lipinski definition) is 6. The summed E-state index contributed by atoms with van der Waals surface area (Å²) in [5.41, 5.74) is 1.93. The van der Waals surface area contributed by atoms with Gasteiger partial charge in [0.05, 0.1) is 24.8 Å². The lowest BCUT2D eigenvalue weighted by Crippen LogP contribution is -2.49. The van der Waals surface area contributed by atoms with Crippen molar-refractivity contribution in [1.29, 1.82) is 0 Å². The highest BCUT2D eigenvalue weighted by atomic mass is 32.2. The highest BCUT2D eigenvalue weighted by molar-refractivity contribution is 7.99. The molecule has 0 aromatic heterocycles. The Hall–Kier alpha value is -1.77. The van der Waals surface area contributed by atoms with Crippen LogP contribution in [0.4, 0.5) is 11.4 Å². The number of nitrogens with zero attached hydrogens (tertiary/aromatic N) is 3. The van der Waals surface area contributed by atoms with Crippen LogP contribution < -0.4 is 10.2 Å². The van der Waals surface area contributed by atoms with Gasteiger partial charge in [0, 0.05) is 49.1 Å². The van der Waals surface area contributed by atoms with Gasteiger partial charge in [-0.25, -0.2) is 0 Å². The molecule has 3 saturated heterocycles. The third kappa shape index (κ3) is 5.73. The molecule has 3 unspecified atom stereocenters. The maximum absolute atomic E-state index is 12.9. The first kappa shape index (κ1) is 22.4. The van der Waals surface area contributed by atoms with Crippen molar-refractivity contribution in [2.75, 3.05) is 61.0 Å². The molecule has 3 heterocycles. The number of carbonyl (C=O) groups excluding carboxylic acids is 2. The highest BCUT2D eigenvalue weighted by Crippen LogP contribution is 2.24. The second-order valence-electron chi connectivity index (χ2n) is 8.82. The molecule has 170 valence electrons. The fraction of sp³-hybridized carbons (Fsp3) is 0.652. The zero-order chi connectivity index (χ0) is 21.8. The maximum Gasteiger partial charge on any atom is 0.239 e. The molecule has 0 saturated carbocycles. The van der Waals surface area contributed by atoms with Crippen molar-refractivity contribution < 1.29 is 14.3 Å². The van der Waals surface area contributed by atoms with Crippen LogP contribution in [0.1, 0.15) is 26.7 Å². The molecule has 2 amide bonds. The number of likely N-dealkylation sites (tertiary alicyclic amines) is 1. The van der Waals surface area contributed by atoms with Crippen LogP contribution in [-0.4, -0.2) is 90.6 Å². The van der Waals surface area contributed by atoms with Gasteiger partial charge in [-0.05, 0) is 57.5 Å². The minimum Gasteiger partial charge on any atom is -0.372 e. The zero-order valence-electron chi connectivity index (χ0n) is 18.6. The van der Waals surface area contributed by atoms with Gasteiger partial charge in [-0.1, -0.05) is 0 Å². The molecule has 3 aliphatic heterocycles. The van der Waals surface area contributed by atoms with E-state index in [2.05, 4.69) is 36.2 Å². The van der Waals surface area contributed by atoms with Crippen LogP contribution in [0.3, 0.4) is 0 Å². The van der Waals surface area contributed by atoms with Gasteiger partial charge in [0.1, 0.15) is 0 Å². The minimum atomic E-state index is -0.151. The van der Waals surface area contributed by atoms with Crippen LogP contribution in [0.25, 0.3) is 0 Å². The van der Waals surface area contributed by atoms with Crippen molar-refractivity contribution in [3.63, 3.8) is 0 Å². The summed E-state index contributed by atoms with van der Waals surface area (Å²) in [7, 11) is 0. The quantitative estimate of drug-likeness (QED) is 0.749. The summed E-state index contributed by atoms with van der Waals surface area (Å²) in [5, 5.41) is 3.00. The average Bonchev–Trinajstić information content (AvgIpc) is 3.21. The number of rotatable bonds is 5. The average molecular weight is 447 g/mol. The second-order valence-corrected chi connectivity index (χ2v) is 10.0. The topological polar surface area (TPSA) is 65.1 Å². The van der Waals surface area contributed by atoms with Crippen LogP contribution in [0.2, 0.25) is 0 Å². The van der Waals surface area contributed by atoms with E-state index in [1.54, 1.807) is 0 Å². The van der Waals surface area contributed by atoms with Gasteiger partial charge in [-0.2, -0.15) is 11.8 Å². The predicted octanol–water partition coefficient (Wildman–Crippen LogP) is 2.28. The van der Waals surface area contributed by atoms with E-state index in [1.807, 2.05) is 33.7 Å². The van der Waals surface area contributed by atoms with Gasteiger partial charge >= 0.3 is 0 Å². The van der Waals surface area contributed by atoms with Gasteiger partial charge < -0.3 is 19.9 Å². The molecule has 3 aliphatic rings. The van der Waals surface area contributed by atoms with E-state index in [4.69, 9.17) is 4.74 Å². The molecule has 1 N–H and O–H groups in total. The number of morpholine rings is 1. The van der Waals surface area contributed by atoms with Gasteiger partial charge in [0.25, 0.3) is 0 Å². The lowest BCUT2D eigenvalue weighted by molar-refractivity contribution is -0.136. The fourth-order valence-electron chi connectivity index (χ4n) is 4.82. The number of carbonyl (C=O) groups is 2. The van der Waals surface area contributed by atoms with Crippen molar-refractivity contribution in [1.82, 2.24) is 9.80 Å². The highest BCUT2D eigenvalue weighted by Gasteiger charge is 2.35. The Morgan fingerprint density at radius 3 is 2.42 bits per heavy atom. The molecule has 0 bridgehead atoms. The van der Waals surface area contributed by atoms with Crippen molar-refractivity contribution in [2.45, 2.75) is 44.9 Å². The summed E-state index contributed by atoms with van der Waals surface area (Å²) in [6.07, 6.45) is 2.24. The van der Waals surface area contributed by atoms with E-state index >= 15 is 0 Å². The molecule has 3 atom stereocenters. The summed E-state index contributed by atoms with van der Waals surface area (Å²) in [4.78, 5) is 31.9. The smallest absolute Gasteiger partial charge is 0.239 e. The number of benzene rings is 1. The SMILES string of the molecule is CC1CN(c2ccc(NC(=O)CN3CCCC3C(=O)N3CCSCC3)cc2)CC(C)O1. The third-order valence-electron chi connectivity index (χ3n) is 6.25. The number of anilines is 2. The molecular formula is C23H34N4O3S. The molecule has 0 aliphatic carbocycles. The van der Waals surface area contributed by atoms with E-state index in [1.165, 1.54) is 0 Å². The van der Waals surface area contributed by atoms with Crippen LogP contribution in [0.5, 0.6) is 0 Å². The van der Waals surface area contributed by atoms with E-state index in [-0.39, 0.29) is 36.6 Å². The molecule has 3 fully saturated rings. The van der Waals surface area contributed by atoms with Crippen molar-refractivity contribution in [2.24, 2.45) is 0 Å². The molecule has 4 rings (SSSR count). The maximum atomic E-state index is 12.9. The Kier molecular flexibility index (Phi) is 7.40. The standard InChI is InChI=1S/C23H34N4O3S/c1-17-14-27(15-18(2)30-17)20-7-5-19(6-8-20)24-22(28)16-26-9-3-4-21(26)23(29)25-10-12-31-13-11-25/h5-8,17-18,21H,3-4,9-16H2,1-2H3,(H,24,28). The van der Waals surface area contributed by atoms with Crippen LogP contribution >= 0.6 is 11.8 Å². The Labute approximate surface area is 189 Å². The lowest BCUT2D eigenvalue weighted by Gasteiger charge is -2.36. The first-order chi connectivity index (χ1) is 15.0. The van der Waals surface area contributed by atoms with Crippen LogP contribution in [0, 0.1) is 0 Å². The Morgan fingerprint density at radius 1 is 1.06 bits per heavy atom. The van der Waals surface area contributed by atoms with E-state index in [0.29, 0.717) is 0 Å².